The molecule has 0 spiro atoms. The lowest BCUT2D eigenvalue weighted by Crippen LogP contribution is -2.57. The van der Waals surface area contributed by atoms with Crippen molar-refractivity contribution < 1.29 is 34.2 Å². The average Bonchev–Trinajstić information content (AvgIpc) is 2.88. The van der Waals surface area contributed by atoms with Gasteiger partial charge in [-0.3, -0.25) is 24.2 Å². The summed E-state index contributed by atoms with van der Waals surface area (Å²) in [6, 6.07) is 1.01. The monoisotopic (exact) mass is 582 g/mol. The van der Waals surface area contributed by atoms with Crippen LogP contribution in [0, 0.1) is 0 Å². The summed E-state index contributed by atoms with van der Waals surface area (Å²) < 4.78 is 0. The Bertz CT molecular complexity index is 1050. The van der Waals surface area contributed by atoms with Gasteiger partial charge < -0.3 is 49.1 Å². The Morgan fingerprint density at radius 2 is 1.48 bits per heavy atom. The molecule has 0 aliphatic rings. The van der Waals surface area contributed by atoms with E-state index < -0.39 is 60.2 Å². The van der Waals surface area contributed by atoms with Crippen molar-refractivity contribution in [3.63, 3.8) is 0 Å². The summed E-state index contributed by atoms with van der Waals surface area (Å²) in [6.07, 6.45) is 1.77. The van der Waals surface area contributed by atoms with Crippen LogP contribution in [0.2, 0.25) is 0 Å². The average molecular weight is 583 g/mol. The van der Waals surface area contributed by atoms with Crippen LogP contribution in [0.4, 0.5) is 0 Å². The minimum atomic E-state index is -1.62. The van der Waals surface area contributed by atoms with E-state index in [1.807, 2.05) is 6.26 Å². The van der Waals surface area contributed by atoms with E-state index in [9.17, 15) is 34.2 Å². The number of phenolic OH excluding ortho intramolecular Hbond substituents is 1. The number of carbonyl (C=O) groups excluding carboxylic acids is 4. The number of guanidine groups is 1. The molecule has 0 aliphatic carbocycles. The van der Waals surface area contributed by atoms with Crippen molar-refractivity contribution in [2.45, 2.75) is 56.3 Å². The maximum Gasteiger partial charge on any atom is 0.326 e. The van der Waals surface area contributed by atoms with Gasteiger partial charge in [-0.25, -0.2) is 4.79 Å². The first-order valence-corrected chi connectivity index (χ1v) is 13.7. The summed E-state index contributed by atoms with van der Waals surface area (Å²) in [7, 11) is 0. The van der Waals surface area contributed by atoms with Crippen molar-refractivity contribution in [1.29, 1.82) is 0 Å². The molecule has 4 amide bonds. The first-order chi connectivity index (χ1) is 18.8. The van der Waals surface area contributed by atoms with Crippen molar-refractivity contribution in [3.05, 3.63) is 29.8 Å². The Morgan fingerprint density at radius 3 is 2.02 bits per heavy atom. The number of carbonyl (C=O) groups is 5. The van der Waals surface area contributed by atoms with Gasteiger partial charge in [0.1, 0.15) is 23.9 Å². The Balaban J connectivity index is 3.18. The van der Waals surface area contributed by atoms with Crippen LogP contribution in [-0.2, 0) is 30.4 Å². The zero-order chi connectivity index (χ0) is 30.2. The molecule has 1 rings (SSSR count). The molecule has 0 bridgehead atoms. The van der Waals surface area contributed by atoms with Crippen LogP contribution < -0.4 is 38.9 Å². The van der Waals surface area contributed by atoms with E-state index in [2.05, 4.69) is 20.9 Å². The number of thioether (sulfide) groups is 1. The largest absolute Gasteiger partial charge is 0.508 e. The predicted octanol–water partition coefficient (Wildman–Crippen LogP) is -2.52. The molecule has 1 aromatic carbocycles. The van der Waals surface area contributed by atoms with Crippen molar-refractivity contribution in [2.75, 3.05) is 18.6 Å². The quantitative estimate of drug-likeness (QED) is 0.0495. The third kappa shape index (κ3) is 13.1. The first-order valence-electron chi connectivity index (χ1n) is 12.3. The summed E-state index contributed by atoms with van der Waals surface area (Å²) in [4.78, 5) is 65.7. The Hall–Kier alpha value is -4.05. The molecule has 0 fully saturated rings. The molecule has 0 aliphatic heterocycles. The number of hydrogen-bond donors (Lipinski definition) is 9. The zero-order valence-corrected chi connectivity index (χ0v) is 23.0. The van der Waals surface area contributed by atoms with E-state index in [-0.39, 0.29) is 37.5 Å². The second-order valence-electron chi connectivity index (χ2n) is 8.90. The summed E-state index contributed by atoms with van der Waals surface area (Å²) in [6.45, 7) is 0.115. The maximum absolute atomic E-state index is 13.4. The number of primary amides is 1. The number of carboxylic acid groups (broad SMARTS) is 1. The van der Waals surface area contributed by atoms with Gasteiger partial charge in [0.2, 0.25) is 23.6 Å². The Kier molecular flexibility index (Phi) is 14.9. The van der Waals surface area contributed by atoms with Crippen LogP contribution in [0.15, 0.2) is 29.3 Å². The fourth-order valence-electron chi connectivity index (χ4n) is 3.45. The number of phenols is 1. The SMILES string of the molecule is CSCCC(N)C(=O)NC(Cc1ccc(O)cc1)C(=O)NC(CCCN=C(N)N)C(=O)NC(CC(N)=O)C(=O)O. The number of benzene rings is 1. The van der Waals surface area contributed by atoms with E-state index in [0.29, 0.717) is 17.7 Å². The van der Waals surface area contributed by atoms with Crippen LogP contribution in [0.25, 0.3) is 0 Å². The van der Waals surface area contributed by atoms with Gasteiger partial charge in [0.15, 0.2) is 5.96 Å². The molecule has 40 heavy (non-hydrogen) atoms. The third-order valence-electron chi connectivity index (χ3n) is 5.58. The molecule has 4 atom stereocenters. The minimum absolute atomic E-state index is 0.00509. The molecule has 15 nitrogen and oxygen atoms in total. The van der Waals surface area contributed by atoms with Gasteiger partial charge in [0.25, 0.3) is 0 Å². The van der Waals surface area contributed by atoms with Crippen LogP contribution in [0.1, 0.15) is 31.2 Å². The number of nitrogens with two attached hydrogens (primary N) is 4. The van der Waals surface area contributed by atoms with Gasteiger partial charge in [-0.2, -0.15) is 11.8 Å². The van der Waals surface area contributed by atoms with Crippen LogP contribution >= 0.6 is 11.8 Å². The van der Waals surface area contributed by atoms with E-state index in [0.717, 1.165) is 0 Å². The van der Waals surface area contributed by atoms with Gasteiger partial charge in [0, 0.05) is 13.0 Å². The minimum Gasteiger partial charge on any atom is -0.508 e. The van der Waals surface area contributed by atoms with Gasteiger partial charge in [-0.1, -0.05) is 12.1 Å². The molecule has 0 heterocycles. The highest BCUT2D eigenvalue weighted by Gasteiger charge is 2.31. The van der Waals surface area contributed by atoms with Gasteiger partial charge in [0.05, 0.1) is 12.5 Å². The molecule has 0 saturated heterocycles. The number of aromatic hydroxyl groups is 1. The number of carboxylic acids is 1. The summed E-state index contributed by atoms with van der Waals surface area (Å²) in [5, 5.41) is 26.3. The Morgan fingerprint density at radius 1 is 0.900 bits per heavy atom. The van der Waals surface area contributed by atoms with Gasteiger partial charge in [-0.05, 0) is 49.0 Å². The topological polar surface area (TPSA) is 278 Å². The summed E-state index contributed by atoms with van der Waals surface area (Å²) in [5.41, 5.74) is 22.3. The number of aliphatic imine (C=N–C) groups is 1. The highest BCUT2D eigenvalue weighted by Crippen LogP contribution is 2.12. The number of nitrogens with one attached hydrogen (secondary N) is 3. The van der Waals surface area contributed by atoms with Crippen molar-refractivity contribution in [2.24, 2.45) is 27.9 Å². The van der Waals surface area contributed by atoms with E-state index in [1.54, 1.807) is 12.1 Å². The van der Waals surface area contributed by atoms with Gasteiger partial charge >= 0.3 is 5.97 Å². The molecular formula is C24H38N8O7S. The van der Waals surface area contributed by atoms with E-state index >= 15 is 0 Å². The standard InChI is InChI=1S/C24H38N8O7S/c1-40-10-8-15(25)20(35)31-17(11-13-4-6-14(33)7-5-13)22(37)30-16(3-2-9-29-24(27)28)21(36)32-18(23(38)39)12-19(26)34/h4-7,15-18,33H,2-3,8-12,25H2,1H3,(H2,26,34)(H,30,37)(H,31,35)(H,32,36)(H,38,39)(H4,27,28,29). The third-order valence-corrected chi connectivity index (χ3v) is 6.22. The molecule has 0 radical (unpaired) electrons. The zero-order valence-electron chi connectivity index (χ0n) is 22.2. The van der Waals surface area contributed by atoms with E-state index in [4.69, 9.17) is 22.9 Å². The van der Waals surface area contributed by atoms with Crippen LogP contribution in [-0.4, -0.2) is 88.5 Å². The molecule has 1 aromatic rings. The fraction of sp³-hybridized carbons (Fsp3) is 0.500. The van der Waals surface area contributed by atoms with Crippen LogP contribution in [0.3, 0.4) is 0 Å². The highest BCUT2D eigenvalue weighted by atomic mass is 32.2. The van der Waals surface area contributed by atoms with Crippen molar-refractivity contribution in [1.82, 2.24) is 16.0 Å². The van der Waals surface area contributed by atoms with Gasteiger partial charge in [-0.15, -0.1) is 0 Å². The maximum atomic E-state index is 13.4. The summed E-state index contributed by atoms with van der Waals surface area (Å²) >= 11 is 1.51. The number of aliphatic carboxylic acids is 1. The summed E-state index contributed by atoms with van der Waals surface area (Å²) in [5.74, 6) is -4.20. The smallest absolute Gasteiger partial charge is 0.326 e. The lowest BCUT2D eigenvalue weighted by molar-refractivity contribution is -0.143. The predicted molar refractivity (Wildman–Crippen MR) is 150 cm³/mol. The number of rotatable bonds is 18. The molecule has 222 valence electrons. The first kappa shape index (κ1) is 34.0. The second-order valence-corrected chi connectivity index (χ2v) is 9.89. The molecular weight excluding hydrogens is 544 g/mol. The molecule has 0 saturated carbocycles. The van der Waals surface area contributed by atoms with Crippen LogP contribution in [0.5, 0.6) is 5.75 Å². The normalized spacial score (nSPS) is 13.7. The lowest BCUT2D eigenvalue weighted by atomic mass is 10.0. The Labute approximate surface area is 235 Å². The lowest BCUT2D eigenvalue weighted by Gasteiger charge is -2.25. The molecule has 13 N–H and O–H groups in total. The second kappa shape index (κ2) is 17.5. The van der Waals surface area contributed by atoms with Crippen molar-refractivity contribution >= 4 is 47.3 Å². The molecule has 0 aromatic heterocycles. The number of hydrogen-bond acceptors (Lipinski definition) is 9. The molecule has 16 heteroatoms. The van der Waals surface area contributed by atoms with E-state index in [1.165, 1.54) is 23.9 Å². The number of amides is 4. The number of nitrogens with zero attached hydrogens (tertiary/aromatic N) is 1. The molecule has 4 unspecified atom stereocenters. The van der Waals surface area contributed by atoms with Crippen molar-refractivity contribution in [3.8, 4) is 5.75 Å². The fourth-order valence-corrected chi connectivity index (χ4v) is 3.94. The highest BCUT2D eigenvalue weighted by molar-refractivity contribution is 7.98.